The van der Waals surface area contributed by atoms with Crippen molar-refractivity contribution >= 4 is 55.4 Å². The van der Waals surface area contributed by atoms with Gasteiger partial charge in [0.05, 0.1) is 4.90 Å². The van der Waals surface area contributed by atoms with Crippen molar-refractivity contribution < 1.29 is 13.2 Å². The van der Waals surface area contributed by atoms with E-state index in [4.69, 9.17) is 23.2 Å². The average Bonchev–Trinajstić information content (AvgIpc) is 3.13. The molecule has 5 nitrogen and oxygen atoms in total. The molecule has 4 rings (SSSR count). The molecule has 0 radical (unpaired) electrons. The van der Waals surface area contributed by atoms with Gasteiger partial charge in [0.15, 0.2) is 15.0 Å². The van der Waals surface area contributed by atoms with Gasteiger partial charge in [-0.15, -0.1) is 11.3 Å². The molecule has 0 bridgehead atoms. The van der Waals surface area contributed by atoms with E-state index >= 15 is 0 Å². The minimum atomic E-state index is -3.34. The molecule has 2 aliphatic carbocycles. The van der Waals surface area contributed by atoms with Crippen LogP contribution in [0.3, 0.4) is 0 Å². The zero-order valence-electron chi connectivity index (χ0n) is 15.2. The first kappa shape index (κ1) is 20.1. The monoisotopic (exact) mass is 458 g/mol. The first-order valence-corrected chi connectivity index (χ1v) is 12.6. The summed E-state index contributed by atoms with van der Waals surface area (Å²) in [4.78, 5) is 17.8. The van der Waals surface area contributed by atoms with E-state index in [1.54, 1.807) is 23.7 Å². The molecule has 0 spiro atoms. The lowest BCUT2D eigenvalue weighted by Gasteiger charge is -2.20. The molecule has 0 aliphatic heterocycles. The molecule has 28 heavy (non-hydrogen) atoms. The summed E-state index contributed by atoms with van der Waals surface area (Å²) in [6.45, 7) is 0. The van der Waals surface area contributed by atoms with Crippen LogP contribution < -0.4 is 5.32 Å². The van der Waals surface area contributed by atoms with Gasteiger partial charge >= 0.3 is 0 Å². The van der Waals surface area contributed by atoms with Crippen molar-refractivity contribution in [2.45, 2.75) is 40.3 Å². The van der Waals surface area contributed by atoms with Gasteiger partial charge in [-0.25, -0.2) is 13.4 Å². The molecule has 9 heteroatoms. The smallest absolute Gasteiger partial charge is 0.240 e. The van der Waals surface area contributed by atoms with Crippen molar-refractivity contribution in [3.63, 3.8) is 0 Å². The fourth-order valence-electron chi connectivity index (χ4n) is 4.61. The molecular formula is C19H20Cl2N2O3S2. The zero-order chi connectivity index (χ0) is 20.2. The molecule has 1 aromatic carbocycles. The Kier molecular flexibility index (Phi) is 5.01. The molecule has 0 saturated heterocycles. The number of alkyl halides is 2. The first-order valence-electron chi connectivity index (χ1n) is 9.08. The number of hydrogen-bond donors (Lipinski definition) is 1. The van der Waals surface area contributed by atoms with Gasteiger partial charge in [0.2, 0.25) is 5.91 Å². The van der Waals surface area contributed by atoms with E-state index in [-0.39, 0.29) is 22.6 Å². The van der Waals surface area contributed by atoms with E-state index in [2.05, 4.69) is 10.3 Å². The molecule has 2 aliphatic rings. The summed E-state index contributed by atoms with van der Waals surface area (Å²) >= 11 is 14.9. The van der Waals surface area contributed by atoms with Gasteiger partial charge < -0.3 is 5.32 Å². The molecular weight excluding hydrogens is 439 g/mol. The molecule has 1 amide bonds. The highest BCUT2D eigenvalue weighted by atomic mass is 35.5. The van der Waals surface area contributed by atoms with E-state index in [1.807, 2.05) is 0 Å². The number of nitrogens with one attached hydrogen (secondary N) is 1. The average molecular weight is 459 g/mol. The third-order valence-electron chi connectivity index (χ3n) is 5.92. The van der Waals surface area contributed by atoms with E-state index in [0.29, 0.717) is 10.7 Å². The van der Waals surface area contributed by atoms with Crippen LogP contribution >= 0.6 is 34.5 Å². The number of rotatable bonds is 5. The maximum Gasteiger partial charge on any atom is 0.240 e. The van der Waals surface area contributed by atoms with Crippen molar-refractivity contribution in [3.8, 4) is 0 Å². The van der Waals surface area contributed by atoms with Crippen LogP contribution in [-0.4, -0.2) is 29.9 Å². The van der Waals surface area contributed by atoms with Crippen molar-refractivity contribution in [2.75, 3.05) is 11.6 Å². The third-order valence-corrected chi connectivity index (χ3v) is 8.80. The van der Waals surface area contributed by atoms with Gasteiger partial charge in [-0.05, 0) is 23.6 Å². The Hall–Kier alpha value is -1.15. The number of sulfone groups is 1. The maximum atomic E-state index is 13.4. The maximum absolute atomic E-state index is 13.4. The van der Waals surface area contributed by atoms with Crippen LogP contribution in [0.2, 0.25) is 0 Å². The normalized spacial score (nSPS) is 26.9. The van der Waals surface area contributed by atoms with Crippen LogP contribution in [0.5, 0.6) is 0 Å². The van der Waals surface area contributed by atoms with Crippen molar-refractivity contribution in [1.29, 1.82) is 0 Å². The third kappa shape index (κ3) is 3.07. The minimum absolute atomic E-state index is 0.194. The topological polar surface area (TPSA) is 76.1 Å². The molecule has 1 aromatic heterocycles. The Morgan fingerprint density at radius 3 is 2.39 bits per heavy atom. The van der Waals surface area contributed by atoms with E-state index in [1.165, 1.54) is 23.5 Å². The summed E-state index contributed by atoms with van der Waals surface area (Å²) in [5.74, 6) is -0.266. The fraction of sp³-hybridized carbons (Fsp3) is 0.474. The fourth-order valence-corrected chi connectivity index (χ4v) is 6.97. The molecule has 2 aromatic rings. The zero-order valence-corrected chi connectivity index (χ0v) is 18.3. The van der Waals surface area contributed by atoms with Gasteiger partial charge in [-0.3, -0.25) is 4.79 Å². The number of aromatic nitrogens is 1. The second kappa shape index (κ2) is 6.97. The highest BCUT2D eigenvalue weighted by Crippen LogP contribution is 2.74. The molecule has 2 unspecified atom stereocenters. The number of nitrogens with zero attached hydrogens (tertiary/aromatic N) is 1. The number of carbonyl (C=O) groups excluding carboxylic acids is 1. The van der Waals surface area contributed by atoms with Gasteiger partial charge in [-0.2, -0.15) is 0 Å². The van der Waals surface area contributed by atoms with Gasteiger partial charge in [-0.1, -0.05) is 61.0 Å². The summed E-state index contributed by atoms with van der Waals surface area (Å²) < 4.78 is 22.4. The molecule has 2 atom stereocenters. The highest BCUT2D eigenvalue weighted by molar-refractivity contribution is 7.90. The summed E-state index contributed by atoms with van der Waals surface area (Å²) in [5, 5.41) is 5.12. The van der Waals surface area contributed by atoms with Crippen LogP contribution in [0.1, 0.15) is 31.2 Å². The second-order valence-corrected chi connectivity index (χ2v) is 11.8. The number of hydrogen-bond acceptors (Lipinski definition) is 5. The SMILES string of the molecule is CS(=O)(=O)c1ccc(C2(C(=O)Nc3nccs3)C(C3CCCC3)C2(Cl)Cl)cc1. The number of amides is 1. The molecule has 2 fully saturated rings. The second-order valence-electron chi connectivity index (χ2n) is 7.54. The lowest BCUT2D eigenvalue weighted by molar-refractivity contribution is -0.119. The number of benzene rings is 1. The van der Waals surface area contributed by atoms with E-state index < -0.39 is 19.6 Å². The van der Waals surface area contributed by atoms with Gasteiger partial charge in [0.1, 0.15) is 9.75 Å². The first-order chi connectivity index (χ1) is 13.2. The summed E-state index contributed by atoms with van der Waals surface area (Å²) in [6.07, 6.45) is 6.94. The summed E-state index contributed by atoms with van der Waals surface area (Å²) in [7, 11) is -3.34. The number of thiazole rings is 1. The van der Waals surface area contributed by atoms with Crippen molar-refractivity contribution in [1.82, 2.24) is 4.98 Å². The number of halogens is 2. The quantitative estimate of drug-likeness (QED) is 0.672. The van der Waals surface area contributed by atoms with Crippen LogP contribution in [0, 0.1) is 11.8 Å². The lowest BCUT2D eigenvalue weighted by Crippen LogP contribution is -2.34. The summed E-state index contributed by atoms with van der Waals surface area (Å²) in [5.41, 5.74) is -0.497. The van der Waals surface area contributed by atoms with Crippen molar-refractivity contribution in [3.05, 3.63) is 41.4 Å². The molecule has 150 valence electrons. The Labute approximate surface area is 178 Å². The molecule has 1 N–H and O–H groups in total. The molecule has 1 heterocycles. The van der Waals surface area contributed by atoms with E-state index in [0.717, 1.165) is 31.9 Å². The standard InChI is InChI=1S/C19H20Cl2N2O3S2/c1-28(25,26)14-8-6-13(7-9-14)18(16(24)23-17-22-10-11-27-17)15(19(18,20)21)12-4-2-3-5-12/h6-12,15H,2-5H2,1H3,(H,22,23,24). The molecule has 2 saturated carbocycles. The minimum Gasteiger partial charge on any atom is -0.301 e. The predicted molar refractivity (Wildman–Crippen MR) is 112 cm³/mol. The Bertz CT molecular complexity index is 985. The Morgan fingerprint density at radius 1 is 1.21 bits per heavy atom. The lowest BCUT2D eigenvalue weighted by atomic mass is 9.87. The van der Waals surface area contributed by atoms with Crippen molar-refractivity contribution in [2.24, 2.45) is 11.8 Å². The van der Waals surface area contributed by atoms with Crippen LogP contribution in [0.25, 0.3) is 0 Å². The Morgan fingerprint density at radius 2 is 1.86 bits per heavy atom. The van der Waals surface area contributed by atoms with Crippen LogP contribution in [0.15, 0.2) is 40.7 Å². The number of carbonyl (C=O) groups is 1. The van der Waals surface area contributed by atoms with Gasteiger partial charge in [0.25, 0.3) is 0 Å². The van der Waals surface area contributed by atoms with Crippen LogP contribution in [-0.2, 0) is 20.0 Å². The highest BCUT2D eigenvalue weighted by Gasteiger charge is 2.82. The van der Waals surface area contributed by atoms with Gasteiger partial charge in [0, 0.05) is 23.8 Å². The number of anilines is 1. The predicted octanol–water partition coefficient (Wildman–Crippen LogP) is 4.42. The van der Waals surface area contributed by atoms with Crippen LogP contribution in [0.4, 0.5) is 5.13 Å². The van der Waals surface area contributed by atoms with E-state index in [9.17, 15) is 13.2 Å². The summed E-state index contributed by atoms with van der Waals surface area (Å²) in [6, 6.07) is 6.34. The Balaban J connectivity index is 1.77. The largest absolute Gasteiger partial charge is 0.301 e.